The molecular weight excluding hydrogens is 230 g/mol. The van der Waals surface area contributed by atoms with Crippen LogP contribution in [0.3, 0.4) is 0 Å². The van der Waals surface area contributed by atoms with Crippen molar-refractivity contribution < 1.29 is 5.11 Å². The van der Waals surface area contributed by atoms with Crippen molar-refractivity contribution in [3.8, 4) is 5.75 Å². The van der Waals surface area contributed by atoms with E-state index < -0.39 is 0 Å². The SMILES string of the molecule is NNc1cc(NCCc2ccc(O)cc2)ncn1. The Bertz CT molecular complexity index is 500. The number of nitrogen functional groups attached to an aromatic ring is 1. The molecule has 18 heavy (non-hydrogen) atoms. The molecule has 0 aliphatic carbocycles. The van der Waals surface area contributed by atoms with Crippen molar-refractivity contribution in [2.45, 2.75) is 6.42 Å². The van der Waals surface area contributed by atoms with Crippen molar-refractivity contribution in [1.29, 1.82) is 0 Å². The molecular formula is C12H15N5O. The van der Waals surface area contributed by atoms with E-state index in [4.69, 9.17) is 10.9 Å². The highest BCUT2D eigenvalue weighted by Gasteiger charge is 1.97. The maximum atomic E-state index is 9.17. The molecule has 6 heteroatoms. The fraction of sp³-hybridized carbons (Fsp3) is 0.167. The second kappa shape index (κ2) is 5.83. The third-order valence-electron chi connectivity index (χ3n) is 2.47. The average molecular weight is 245 g/mol. The van der Waals surface area contributed by atoms with Gasteiger partial charge in [0.1, 0.15) is 23.7 Å². The van der Waals surface area contributed by atoms with Crippen molar-refractivity contribution in [2.75, 3.05) is 17.3 Å². The van der Waals surface area contributed by atoms with E-state index in [-0.39, 0.29) is 5.75 Å². The number of nitrogens with one attached hydrogen (secondary N) is 2. The van der Waals surface area contributed by atoms with Crippen LogP contribution in [0.2, 0.25) is 0 Å². The summed E-state index contributed by atoms with van der Waals surface area (Å²) in [5.74, 6) is 6.83. The molecule has 0 bridgehead atoms. The number of benzene rings is 1. The van der Waals surface area contributed by atoms with Gasteiger partial charge in [-0.2, -0.15) is 0 Å². The van der Waals surface area contributed by atoms with Crippen molar-refractivity contribution in [1.82, 2.24) is 9.97 Å². The lowest BCUT2D eigenvalue weighted by Crippen LogP contribution is -2.11. The zero-order valence-electron chi connectivity index (χ0n) is 9.80. The van der Waals surface area contributed by atoms with E-state index in [1.165, 1.54) is 6.33 Å². The Morgan fingerprint density at radius 2 is 1.83 bits per heavy atom. The van der Waals surface area contributed by atoms with Gasteiger partial charge in [-0.15, -0.1) is 0 Å². The molecule has 1 aromatic carbocycles. The molecule has 94 valence electrons. The summed E-state index contributed by atoms with van der Waals surface area (Å²) < 4.78 is 0. The standard InChI is InChI=1S/C12H15N5O/c13-17-12-7-11(15-8-16-12)14-6-5-9-1-3-10(18)4-2-9/h1-4,7-8,18H,5-6,13H2,(H2,14,15,16,17). The molecule has 0 saturated heterocycles. The molecule has 0 radical (unpaired) electrons. The lowest BCUT2D eigenvalue weighted by molar-refractivity contribution is 0.475. The molecule has 5 N–H and O–H groups in total. The Kier molecular flexibility index (Phi) is 3.93. The molecule has 0 fully saturated rings. The number of phenolic OH excluding ortho intramolecular Hbond substituents is 1. The number of aromatic hydroxyl groups is 1. The highest BCUT2D eigenvalue weighted by Crippen LogP contribution is 2.11. The van der Waals surface area contributed by atoms with E-state index >= 15 is 0 Å². The van der Waals surface area contributed by atoms with Gasteiger partial charge in [0.25, 0.3) is 0 Å². The third-order valence-corrected chi connectivity index (χ3v) is 2.47. The van der Waals surface area contributed by atoms with Gasteiger partial charge in [-0.3, -0.25) is 0 Å². The van der Waals surface area contributed by atoms with E-state index in [1.54, 1.807) is 18.2 Å². The zero-order chi connectivity index (χ0) is 12.8. The van der Waals surface area contributed by atoms with E-state index in [0.717, 1.165) is 24.3 Å². The van der Waals surface area contributed by atoms with E-state index in [2.05, 4.69) is 20.7 Å². The normalized spacial score (nSPS) is 10.1. The zero-order valence-corrected chi connectivity index (χ0v) is 9.80. The molecule has 1 aromatic heterocycles. The number of hydrazine groups is 1. The molecule has 6 nitrogen and oxygen atoms in total. The summed E-state index contributed by atoms with van der Waals surface area (Å²) in [4.78, 5) is 7.99. The van der Waals surface area contributed by atoms with Crippen molar-refractivity contribution in [2.24, 2.45) is 5.84 Å². The minimum atomic E-state index is 0.279. The van der Waals surface area contributed by atoms with Gasteiger partial charge < -0.3 is 15.8 Å². The number of rotatable bonds is 5. The molecule has 0 amide bonds. The topological polar surface area (TPSA) is 96.1 Å². The number of hydrogen-bond donors (Lipinski definition) is 4. The van der Waals surface area contributed by atoms with E-state index in [0.29, 0.717) is 5.82 Å². The lowest BCUT2D eigenvalue weighted by atomic mass is 10.1. The van der Waals surface area contributed by atoms with Crippen LogP contribution in [0.25, 0.3) is 0 Å². The van der Waals surface area contributed by atoms with Gasteiger partial charge in [0.05, 0.1) is 0 Å². The Morgan fingerprint density at radius 1 is 1.11 bits per heavy atom. The van der Waals surface area contributed by atoms with Crippen LogP contribution < -0.4 is 16.6 Å². The second-order valence-electron chi connectivity index (χ2n) is 3.78. The quantitative estimate of drug-likeness (QED) is 0.465. The fourth-order valence-corrected chi connectivity index (χ4v) is 1.53. The fourth-order valence-electron chi connectivity index (χ4n) is 1.53. The minimum Gasteiger partial charge on any atom is -0.508 e. The van der Waals surface area contributed by atoms with Crippen molar-refractivity contribution in [3.05, 3.63) is 42.2 Å². The first-order valence-corrected chi connectivity index (χ1v) is 5.58. The van der Waals surface area contributed by atoms with Gasteiger partial charge in [-0.1, -0.05) is 12.1 Å². The molecule has 0 saturated carbocycles. The van der Waals surface area contributed by atoms with Crippen LogP contribution >= 0.6 is 0 Å². The summed E-state index contributed by atoms with van der Waals surface area (Å²) in [5, 5.41) is 12.3. The number of phenols is 1. The van der Waals surface area contributed by atoms with Crippen molar-refractivity contribution >= 4 is 11.6 Å². The molecule has 0 aliphatic rings. The smallest absolute Gasteiger partial charge is 0.145 e. The Hall–Kier alpha value is -2.34. The van der Waals surface area contributed by atoms with Crippen LogP contribution in [0, 0.1) is 0 Å². The van der Waals surface area contributed by atoms with Crippen LogP contribution in [0.4, 0.5) is 11.6 Å². The largest absolute Gasteiger partial charge is 0.508 e. The van der Waals surface area contributed by atoms with E-state index in [1.807, 2.05) is 12.1 Å². The maximum absolute atomic E-state index is 9.17. The molecule has 0 atom stereocenters. The average Bonchev–Trinajstić information content (AvgIpc) is 2.41. The Labute approximate surface area is 105 Å². The predicted octanol–water partition coefficient (Wildman–Crippen LogP) is 1.12. The third kappa shape index (κ3) is 3.33. The minimum absolute atomic E-state index is 0.279. The first kappa shape index (κ1) is 12.1. The van der Waals surface area contributed by atoms with Gasteiger partial charge in [0, 0.05) is 12.6 Å². The monoisotopic (exact) mass is 245 g/mol. The predicted molar refractivity (Wildman–Crippen MR) is 70.1 cm³/mol. The number of aromatic nitrogens is 2. The number of nitrogens with zero attached hydrogens (tertiary/aromatic N) is 2. The first-order chi connectivity index (χ1) is 8.78. The number of anilines is 2. The second-order valence-corrected chi connectivity index (χ2v) is 3.78. The van der Waals surface area contributed by atoms with Crippen molar-refractivity contribution in [3.63, 3.8) is 0 Å². The molecule has 1 heterocycles. The molecule has 2 aromatic rings. The van der Waals surface area contributed by atoms with Gasteiger partial charge in [0.15, 0.2) is 0 Å². The molecule has 0 spiro atoms. The molecule has 0 unspecified atom stereocenters. The summed E-state index contributed by atoms with van der Waals surface area (Å²) in [6.07, 6.45) is 2.29. The van der Waals surface area contributed by atoms with Crippen LogP contribution in [0.5, 0.6) is 5.75 Å². The van der Waals surface area contributed by atoms with Crippen LogP contribution in [-0.4, -0.2) is 21.6 Å². The maximum Gasteiger partial charge on any atom is 0.145 e. The van der Waals surface area contributed by atoms with Crippen LogP contribution in [0.15, 0.2) is 36.7 Å². The highest BCUT2D eigenvalue weighted by atomic mass is 16.3. The Balaban J connectivity index is 1.86. The summed E-state index contributed by atoms with van der Waals surface area (Å²) in [6, 6.07) is 8.87. The number of nitrogens with two attached hydrogens (primary N) is 1. The number of hydrogen-bond acceptors (Lipinski definition) is 6. The summed E-state index contributed by atoms with van der Waals surface area (Å²) in [7, 11) is 0. The van der Waals surface area contributed by atoms with Crippen LogP contribution in [0.1, 0.15) is 5.56 Å². The summed E-state index contributed by atoms with van der Waals surface area (Å²) in [6.45, 7) is 0.742. The van der Waals surface area contributed by atoms with Crippen LogP contribution in [-0.2, 0) is 6.42 Å². The first-order valence-electron chi connectivity index (χ1n) is 5.58. The van der Waals surface area contributed by atoms with Gasteiger partial charge in [-0.25, -0.2) is 15.8 Å². The van der Waals surface area contributed by atoms with E-state index in [9.17, 15) is 0 Å². The van der Waals surface area contributed by atoms with Gasteiger partial charge >= 0.3 is 0 Å². The Morgan fingerprint density at radius 3 is 2.56 bits per heavy atom. The molecule has 0 aliphatic heterocycles. The van der Waals surface area contributed by atoms with Gasteiger partial charge in [0.2, 0.25) is 0 Å². The summed E-state index contributed by atoms with van der Waals surface area (Å²) in [5.41, 5.74) is 3.61. The summed E-state index contributed by atoms with van der Waals surface area (Å²) >= 11 is 0. The van der Waals surface area contributed by atoms with Gasteiger partial charge in [-0.05, 0) is 24.1 Å². The highest BCUT2D eigenvalue weighted by molar-refractivity contribution is 5.45. The lowest BCUT2D eigenvalue weighted by Gasteiger charge is -2.06. The molecule has 2 rings (SSSR count).